The molecule has 0 atom stereocenters. The maximum atomic E-state index is 5.97. The van der Waals surface area contributed by atoms with Crippen molar-refractivity contribution >= 4 is 0 Å². The van der Waals surface area contributed by atoms with Gasteiger partial charge in [0.1, 0.15) is 18.1 Å². The lowest BCUT2D eigenvalue weighted by Crippen LogP contribution is -2.12. The Labute approximate surface area is 142 Å². The number of furan rings is 1. The molecule has 0 aliphatic heterocycles. The van der Waals surface area contributed by atoms with Gasteiger partial charge >= 0.3 is 0 Å². The molecule has 0 fully saturated rings. The smallest absolute Gasteiger partial charge is 0.130 e. The van der Waals surface area contributed by atoms with Gasteiger partial charge in [-0.1, -0.05) is 18.2 Å². The molecule has 1 aromatic carbocycles. The third-order valence-corrected chi connectivity index (χ3v) is 3.82. The van der Waals surface area contributed by atoms with Crippen molar-refractivity contribution in [2.75, 3.05) is 0 Å². The molecule has 0 spiro atoms. The highest BCUT2D eigenvalue weighted by molar-refractivity contribution is 5.43. The van der Waals surface area contributed by atoms with Gasteiger partial charge in [-0.2, -0.15) is 0 Å². The first-order chi connectivity index (χ1) is 11.7. The summed E-state index contributed by atoms with van der Waals surface area (Å²) in [6.45, 7) is 6.16. The van der Waals surface area contributed by atoms with Crippen LogP contribution in [-0.4, -0.2) is 4.98 Å². The van der Waals surface area contributed by atoms with Gasteiger partial charge in [-0.05, 0) is 54.8 Å². The second-order valence-electron chi connectivity index (χ2n) is 5.85. The van der Waals surface area contributed by atoms with Crippen LogP contribution in [0.3, 0.4) is 0 Å². The van der Waals surface area contributed by atoms with E-state index in [1.165, 1.54) is 5.56 Å². The summed E-state index contributed by atoms with van der Waals surface area (Å²) in [5.74, 6) is 1.88. The number of nitrogens with one attached hydrogen (secondary N) is 1. The van der Waals surface area contributed by atoms with E-state index in [1.54, 1.807) is 12.5 Å². The normalized spacial score (nSPS) is 10.8. The molecule has 0 radical (unpaired) electrons. The van der Waals surface area contributed by atoms with Crippen LogP contribution < -0.4 is 10.1 Å². The SMILES string of the molecule is Cc1cc(CNCc2ccco2)cc(C)c1OCc1ccccn1. The largest absolute Gasteiger partial charge is 0.487 e. The molecule has 0 unspecified atom stereocenters. The number of hydrogen-bond donors (Lipinski definition) is 1. The molecule has 0 saturated carbocycles. The van der Waals surface area contributed by atoms with Crippen LogP contribution in [0.15, 0.2) is 59.3 Å². The molecule has 124 valence electrons. The fraction of sp³-hybridized carbons (Fsp3) is 0.250. The van der Waals surface area contributed by atoms with Gasteiger partial charge in [0.25, 0.3) is 0 Å². The highest BCUT2D eigenvalue weighted by Crippen LogP contribution is 2.25. The Kier molecular flexibility index (Phi) is 5.29. The minimum Gasteiger partial charge on any atom is -0.487 e. The summed E-state index contributed by atoms with van der Waals surface area (Å²) in [5.41, 5.74) is 4.45. The zero-order valence-corrected chi connectivity index (χ0v) is 14.1. The number of pyridine rings is 1. The topological polar surface area (TPSA) is 47.3 Å². The Bertz CT molecular complexity index is 745. The molecular formula is C20H22N2O2. The molecule has 3 rings (SSSR count). The number of hydrogen-bond acceptors (Lipinski definition) is 4. The minimum atomic E-state index is 0.485. The van der Waals surface area contributed by atoms with Gasteiger partial charge in [-0.15, -0.1) is 0 Å². The van der Waals surface area contributed by atoms with Crippen molar-refractivity contribution in [1.82, 2.24) is 10.3 Å². The van der Waals surface area contributed by atoms with Crippen LogP contribution in [0.4, 0.5) is 0 Å². The van der Waals surface area contributed by atoms with Crippen molar-refractivity contribution in [2.45, 2.75) is 33.5 Å². The summed E-state index contributed by atoms with van der Waals surface area (Å²) in [6, 6.07) is 14.0. The van der Waals surface area contributed by atoms with E-state index in [-0.39, 0.29) is 0 Å². The molecular weight excluding hydrogens is 300 g/mol. The van der Waals surface area contributed by atoms with Gasteiger partial charge in [-0.25, -0.2) is 0 Å². The Morgan fingerprint density at radius 2 is 1.88 bits per heavy atom. The highest BCUT2D eigenvalue weighted by Gasteiger charge is 2.07. The monoisotopic (exact) mass is 322 g/mol. The average Bonchev–Trinajstić information content (AvgIpc) is 3.08. The maximum Gasteiger partial charge on any atom is 0.130 e. The van der Waals surface area contributed by atoms with Crippen molar-refractivity contribution in [1.29, 1.82) is 0 Å². The van der Waals surface area contributed by atoms with E-state index in [1.807, 2.05) is 30.3 Å². The van der Waals surface area contributed by atoms with Gasteiger partial charge in [-0.3, -0.25) is 4.98 Å². The van der Waals surface area contributed by atoms with Crippen LogP contribution in [0, 0.1) is 13.8 Å². The second-order valence-corrected chi connectivity index (χ2v) is 5.85. The molecule has 4 heteroatoms. The molecule has 3 aromatic rings. The lowest BCUT2D eigenvalue weighted by molar-refractivity contribution is 0.297. The van der Waals surface area contributed by atoms with Gasteiger partial charge in [0.2, 0.25) is 0 Å². The molecule has 0 saturated heterocycles. The fourth-order valence-corrected chi connectivity index (χ4v) is 2.74. The maximum absolute atomic E-state index is 5.97. The molecule has 0 aliphatic carbocycles. The van der Waals surface area contributed by atoms with Gasteiger partial charge in [0, 0.05) is 12.7 Å². The van der Waals surface area contributed by atoms with Crippen molar-refractivity contribution in [3.8, 4) is 5.75 Å². The highest BCUT2D eigenvalue weighted by atomic mass is 16.5. The van der Waals surface area contributed by atoms with E-state index in [0.717, 1.165) is 41.4 Å². The minimum absolute atomic E-state index is 0.485. The standard InChI is InChI=1S/C20H22N2O2/c1-15-10-17(12-21-13-19-7-5-9-23-19)11-16(2)20(15)24-14-18-6-3-4-8-22-18/h3-11,21H,12-14H2,1-2H3. The van der Waals surface area contributed by atoms with Crippen LogP contribution in [0.25, 0.3) is 0 Å². The summed E-state index contributed by atoms with van der Waals surface area (Å²) in [4.78, 5) is 4.29. The number of aryl methyl sites for hydroxylation is 2. The van der Waals surface area contributed by atoms with Gasteiger partial charge < -0.3 is 14.5 Å². The molecule has 2 heterocycles. The van der Waals surface area contributed by atoms with Gasteiger partial charge in [0.05, 0.1) is 18.5 Å². The van der Waals surface area contributed by atoms with Crippen LogP contribution in [0.5, 0.6) is 5.75 Å². The number of benzene rings is 1. The summed E-state index contributed by atoms with van der Waals surface area (Å²) < 4.78 is 11.3. The van der Waals surface area contributed by atoms with Crippen LogP contribution in [0.1, 0.15) is 28.1 Å². The van der Waals surface area contributed by atoms with E-state index in [9.17, 15) is 0 Å². The molecule has 0 amide bonds. The van der Waals surface area contributed by atoms with E-state index in [4.69, 9.17) is 9.15 Å². The lowest BCUT2D eigenvalue weighted by Gasteiger charge is -2.14. The summed E-state index contributed by atoms with van der Waals surface area (Å²) in [6.07, 6.45) is 3.48. The molecule has 4 nitrogen and oxygen atoms in total. The zero-order valence-electron chi connectivity index (χ0n) is 14.1. The van der Waals surface area contributed by atoms with Crippen molar-refractivity contribution in [3.63, 3.8) is 0 Å². The predicted molar refractivity (Wildman–Crippen MR) is 93.7 cm³/mol. The van der Waals surface area contributed by atoms with Gasteiger partial charge in [0.15, 0.2) is 0 Å². The summed E-state index contributed by atoms with van der Waals surface area (Å²) in [7, 11) is 0. The zero-order chi connectivity index (χ0) is 16.8. The number of aromatic nitrogens is 1. The van der Waals surface area contributed by atoms with Crippen LogP contribution in [0.2, 0.25) is 0 Å². The number of rotatable bonds is 7. The first-order valence-electron chi connectivity index (χ1n) is 8.08. The lowest BCUT2D eigenvalue weighted by atomic mass is 10.1. The molecule has 2 aromatic heterocycles. The van der Waals surface area contributed by atoms with Crippen molar-refractivity contribution < 1.29 is 9.15 Å². The Morgan fingerprint density at radius 3 is 2.54 bits per heavy atom. The number of ether oxygens (including phenoxy) is 1. The molecule has 0 bridgehead atoms. The fourth-order valence-electron chi connectivity index (χ4n) is 2.74. The molecule has 0 aliphatic rings. The van der Waals surface area contributed by atoms with E-state index >= 15 is 0 Å². The summed E-state index contributed by atoms with van der Waals surface area (Å²) in [5, 5.41) is 3.39. The first-order valence-corrected chi connectivity index (χ1v) is 8.08. The first kappa shape index (κ1) is 16.3. The van der Waals surface area contributed by atoms with Crippen molar-refractivity contribution in [2.24, 2.45) is 0 Å². The third-order valence-electron chi connectivity index (χ3n) is 3.82. The predicted octanol–water partition coefficient (Wildman–Crippen LogP) is 4.16. The van der Waals surface area contributed by atoms with E-state index in [0.29, 0.717) is 6.61 Å². The quantitative estimate of drug-likeness (QED) is 0.709. The average molecular weight is 322 g/mol. The number of nitrogens with zero attached hydrogens (tertiary/aromatic N) is 1. The molecule has 24 heavy (non-hydrogen) atoms. The molecule has 1 N–H and O–H groups in total. The van der Waals surface area contributed by atoms with E-state index in [2.05, 4.69) is 36.3 Å². The van der Waals surface area contributed by atoms with Crippen molar-refractivity contribution in [3.05, 3.63) is 83.1 Å². The Balaban J connectivity index is 1.60. The van der Waals surface area contributed by atoms with Crippen LogP contribution in [-0.2, 0) is 19.7 Å². The second kappa shape index (κ2) is 7.79. The van der Waals surface area contributed by atoms with E-state index < -0.39 is 0 Å². The Morgan fingerprint density at radius 1 is 1.04 bits per heavy atom. The van der Waals surface area contributed by atoms with Crippen LogP contribution >= 0.6 is 0 Å². The Hall–Kier alpha value is -2.59. The summed E-state index contributed by atoms with van der Waals surface area (Å²) >= 11 is 0. The third kappa shape index (κ3) is 4.24.